The van der Waals surface area contributed by atoms with Crippen molar-refractivity contribution in [2.45, 2.75) is 38.8 Å². The highest BCUT2D eigenvalue weighted by Crippen LogP contribution is 2.56. The molecule has 3 aliphatic heterocycles. The number of rotatable bonds is 3. The van der Waals surface area contributed by atoms with Crippen molar-refractivity contribution in [3.63, 3.8) is 0 Å². The van der Waals surface area contributed by atoms with Crippen molar-refractivity contribution in [1.82, 2.24) is 14.9 Å². The normalized spacial score (nSPS) is 25.5. The Balaban J connectivity index is 1.54. The topological polar surface area (TPSA) is 84.3 Å². The van der Waals surface area contributed by atoms with E-state index in [4.69, 9.17) is 4.98 Å². The van der Waals surface area contributed by atoms with Crippen LogP contribution in [0.3, 0.4) is 0 Å². The summed E-state index contributed by atoms with van der Waals surface area (Å²) in [7, 11) is 0. The van der Waals surface area contributed by atoms with Crippen molar-refractivity contribution in [1.29, 1.82) is 0 Å². The minimum absolute atomic E-state index is 0.0633. The second-order valence-electron chi connectivity index (χ2n) is 10.8. The van der Waals surface area contributed by atoms with Crippen LogP contribution in [0.1, 0.15) is 37.7 Å². The SMILES string of the molecule is CCc1ccccc1N1C(=O)[C@H]2C(C(C)C)NC3(c4ccccc4-n4c3nc3ccccc3c4=O)[C@H]2C1=O. The van der Waals surface area contributed by atoms with Crippen molar-refractivity contribution < 1.29 is 9.59 Å². The molecule has 1 N–H and O–H groups in total. The van der Waals surface area contributed by atoms with Crippen LogP contribution in [0, 0.1) is 17.8 Å². The quantitative estimate of drug-likeness (QED) is 0.428. The third kappa shape index (κ3) is 2.72. The van der Waals surface area contributed by atoms with Gasteiger partial charge >= 0.3 is 0 Å². The van der Waals surface area contributed by atoms with Gasteiger partial charge in [-0.1, -0.05) is 69.3 Å². The Morgan fingerprint density at radius 3 is 2.34 bits per heavy atom. The third-order valence-corrected chi connectivity index (χ3v) is 8.63. The molecule has 0 saturated carbocycles. The maximum atomic E-state index is 14.5. The maximum absolute atomic E-state index is 14.5. The van der Waals surface area contributed by atoms with Crippen LogP contribution in [0.25, 0.3) is 16.6 Å². The number of amides is 2. The van der Waals surface area contributed by atoms with Crippen LogP contribution in [0.5, 0.6) is 0 Å². The number of fused-ring (bicyclic) bond motifs is 8. The summed E-state index contributed by atoms with van der Waals surface area (Å²) in [6.45, 7) is 6.15. The van der Waals surface area contributed by atoms with Gasteiger partial charge in [0.2, 0.25) is 11.8 Å². The number of hydrogen-bond acceptors (Lipinski definition) is 5. The molecule has 2 saturated heterocycles. The zero-order valence-electron chi connectivity index (χ0n) is 21.5. The van der Waals surface area contributed by atoms with E-state index in [9.17, 15) is 14.4 Å². The third-order valence-electron chi connectivity index (χ3n) is 8.63. The van der Waals surface area contributed by atoms with Crippen LogP contribution < -0.4 is 15.8 Å². The molecule has 1 aromatic heterocycles. The van der Waals surface area contributed by atoms with Crippen LogP contribution >= 0.6 is 0 Å². The highest BCUT2D eigenvalue weighted by Gasteiger charge is 2.70. The van der Waals surface area contributed by atoms with Gasteiger partial charge in [0.15, 0.2) is 0 Å². The van der Waals surface area contributed by atoms with Gasteiger partial charge in [0.1, 0.15) is 11.4 Å². The number of aromatic nitrogens is 2. The molecule has 3 aliphatic rings. The lowest BCUT2D eigenvalue weighted by Gasteiger charge is -2.32. The predicted octanol–water partition coefficient (Wildman–Crippen LogP) is 3.94. The largest absolute Gasteiger partial charge is 0.296 e. The minimum Gasteiger partial charge on any atom is -0.296 e. The van der Waals surface area contributed by atoms with E-state index in [0.29, 0.717) is 34.5 Å². The van der Waals surface area contributed by atoms with Crippen LogP contribution in [-0.2, 0) is 21.5 Å². The highest BCUT2D eigenvalue weighted by molar-refractivity contribution is 6.23. The van der Waals surface area contributed by atoms with Gasteiger partial charge in [-0.25, -0.2) is 9.88 Å². The van der Waals surface area contributed by atoms with Gasteiger partial charge in [-0.05, 0) is 42.2 Å². The predicted molar refractivity (Wildman–Crippen MR) is 145 cm³/mol. The number of aryl methyl sites for hydroxylation is 1. The van der Waals surface area contributed by atoms with E-state index in [0.717, 1.165) is 11.1 Å². The van der Waals surface area contributed by atoms with E-state index in [-0.39, 0.29) is 29.3 Å². The average Bonchev–Trinajstić information content (AvgIpc) is 3.52. The number of carbonyl (C=O) groups excluding carboxylic acids is 2. The minimum atomic E-state index is -1.11. The molecule has 1 spiro atoms. The second kappa shape index (κ2) is 7.95. The zero-order valence-corrected chi connectivity index (χ0v) is 21.5. The fourth-order valence-corrected chi connectivity index (χ4v) is 6.99. The number of nitrogens with one attached hydrogen (secondary N) is 1. The van der Waals surface area contributed by atoms with Crippen molar-refractivity contribution in [2.24, 2.45) is 17.8 Å². The molecule has 3 aromatic carbocycles. The average molecular weight is 505 g/mol. The molecule has 38 heavy (non-hydrogen) atoms. The van der Waals surface area contributed by atoms with E-state index in [1.54, 1.807) is 10.6 Å². The first-order chi connectivity index (χ1) is 18.4. The zero-order chi connectivity index (χ0) is 26.3. The molecule has 7 heteroatoms. The van der Waals surface area contributed by atoms with E-state index in [1.165, 1.54) is 4.90 Å². The summed E-state index contributed by atoms with van der Waals surface area (Å²) >= 11 is 0. The molecule has 4 atom stereocenters. The monoisotopic (exact) mass is 504 g/mol. The van der Waals surface area contributed by atoms with E-state index in [2.05, 4.69) is 19.2 Å². The Kier molecular flexibility index (Phi) is 4.82. The van der Waals surface area contributed by atoms with Crippen molar-refractivity contribution in [2.75, 3.05) is 4.90 Å². The first-order valence-corrected chi connectivity index (χ1v) is 13.3. The molecule has 0 aliphatic carbocycles. The van der Waals surface area contributed by atoms with E-state index < -0.39 is 17.4 Å². The lowest BCUT2D eigenvalue weighted by Crippen LogP contribution is -2.51. The van der Waals surface area contributed by atoms with Gasteiger partial charge in [0.25, 0.3) is 5.56 Å². The van der Waals surface area contributed by atoms with Crippen molar-refractivity contribution in [3.05, 3.63) is 100 Å². The van der Waals surface area contributed by atoms with Gasteiger partial charge in [-0.15, -0.1) is 0 Å². The summed E-state index contributed by atoms with van der Waals surface area (Å²) in [5.41, 5.74) is 2.40. The lowest BCUT2D eigenvalue weighted by molar-refractivity contribution is -0.123. The van der Waals surface area contributed by atoms with Gasteiger partial charge < -0.3 is 0 Å². The molecular formula is C31H28N4O3. The molecule has 0 radical (unpaired) electrons. The molecule has 7 nitrogen and oxygen atoms in total. The first kappa shape index (κ1) is 23.0. The summed E-state index contributed by atoms with van der Waals surface area (Å²) in [5.74, 6) is -1.23. The fraction of sp³-hybridized carbons (Fsp3) is 0.290. The highest BCUT2D eigenvalue weighted by atomic mass is 16.2. The number of nitrogens with zero attached hydrogens (tertiary/aromatic N) is 3. The number of anilines is 1. The van der Waals surface area contributed by atoms with Crippen LogP contribution in [0.15, 0.2) is 77.6 Å². The standard InChI is InChI=1S/C31H28N4O3/c1-4-18-11-5-9-15-22(18)34-28(37)24-25(29(34)38)31(33-26(24)17(2)3)20-13-7-10-16-23(20)35-27(36)19-12-6-8-14-21(19)32-30(31)35/h5-17,24-26,33H,4H2,1-3H3/t24-,25-,26?,31?/m1/s1. The van der Waals surface area contributed by atoms with E-state index >= 15 is 0 Å². The lowest BCUT2D eigenvalue weighted by atomic mass is 9.75. The molecule has 4 aromatic rings. The summed E-state index contributed by atoms with van der Waals surface area (Å²) < 4.78 is 1.64. The number of benzene rings is 3. The van der Waals surface area contributed by atoms with Crippen LogP contribution in [0.4, 0.5) is 5.69 Å². The molecule has 2 amide bonds. The Morgan fingerprint density at radius 1 is 0.895 bits per heavy atom. The molecule has 7 rings (SSSR count). The molecule has 2 unspecified atom stereocenters. The van der Waals surface area contributed by atoms with Crippen LogP contribution in [0.2, 0.25) is 0 Å². The Bertz CT molecular complexity index is 1720. The smallest absolute Gasteiger partial charge is 0.266 e. The van der Waals surface area contributed by atoms with Gasteiger partial charge in [0, 0.05) is 11.6 Å². The van der Waals surface area contributed by atoms with Crippen molar-refractivity contribution in [3.8, 4) is 5.69 Å². The fourth-order valence-electron chi connectivity index (χ4n) is 6.99. The van der Waals surface area contributed by atoms with Gasteiger partial charge in [0.05, 0.1) is 34.1 Å². The van der Waals surface area contributed by atoms with E-state index in [1.807, 2.05) is 73.7 Å². The molecule has 2 fully saturated rings. The maximum Gasteiger partial charge on any atom is 0.266 e. The summed E-state index contributed by atoms with van der Waals surface area (Å²) in [6, 6.07) is 22.3. The molecule has 4 heterocycles. The Morgan fingerprint density at radius 2 is 1.58 bits per heavy atom. The molecule has 0 bridgehead atoms. The number of para-hydroxylation sites is 3. The first-order valence-electron chi connectivity index (χ1n) is 13.3. The van der Waals surface area contributed by atoms with Gasteiger partial charge in [-0.3, -0.25) is 24.3 Å². The van der Waals surface area contributed by atoms with Crippen molar-refractivity contribution >= 4 is 28.4 Å². The Labute approximate surface area is 220 Å². The molecular weight excluding hydrogens is 476 g/mol. The molecule has 190 valence electrons. The number of hydrogen-bond donors (Lipinski definition) is 1. The van der Waals surface area contributed by atoms with Crippen LogP contribution in [-0.4, -0.2) is 27.4 Å². The number of carbonyl (C=O) groups is 2. The number of imide groups is 1. The summed E-state index contributed by atoms with van der Waals surface area (Å²) in [5, 5.41) is 4.26. The summed E-state index contributed by atoms with van der Waals surface area (Å²) in [4.78, 5) is 49.0. The van der Waals surface area contributed by atoms with Gasteiger partial charge in [-0.2, -0.15) is 0 Å². The second-order valence-corrected chi connectivity index (χ2v) is 10.8. The summed E-state index contributed by atoms with van der Waals surface area (Å²) in [6.07, 6.45) is 0.703. The Hall–Kier alpha value is -4.10.